The molecule has 0 unspecified atom stereocenters. The molecular formula is C14H12ClNO6S2. The van der Waals surface area contributed by atoms with Crippen LogP contribution in [0.3, 0.4) is 0 Å². The molecule has 3 rings (SSSR count). The van der Waals surface area contributed by atoms with E-state index in [2.05, 4.69) is 9.46 Å². The molecule has 7 nitrogen and oxygen atoms in total. The summed E-state index contributed by atoms with van der Waals surface area (Å²) in [7, 11) is -2.76. The molecular weight excluding hydrogens is 378 g/mol. The lowest BCUT2D eigenvalue weighted by molar-refractivity contribution is 0.0602. The van der Waals surface area contributed by atoms with E-state index in [9.17, 15) is 13.2 Å². The first-order valence-corrected chi connectivity index (χ1v) is 9.34. The van der Waals surface area contributed by atoms with Gasteiger partial charge < -0.3 is 14.2 Å². The van der Waals surface area contributed by atoms with Crippen LogP contribution in [0.1, 0.15) is 15.2 Å². The molecule has 0 bridgehead atoms. The standard InChI is InChI=1S/C14H12ClNO6S2/c1-20-14(17)13-11(5-12(15)23-13)24(18,19)16-6-8-2-3-9-10(4-8)22-7-21-9/h2-5,16H,6-7H2,1H3. The molecule has 1 aliphatic rings. The molecule has 10 heteroatoms. The van der Waals surface area contributed by atoms with Crippen molar-refractivity contribution in [2.45, 2.75) is 11.4 Å². The molecule has 1 N–H and O–H groups in total. The molecule has 2 heterocycles. The van der Waals surface area contributed by atoms with Gasteiger partial charge in [0.15, 0.2) is 11.5 Å². The molecule has 1 aliphatic heterocycles. The number of sulfonamides is 1. The zero-order valence-corrected chi connectivity index (χ0v) is 14.8. The second kappa shape index (κ2) is 6.60. The van der Waals surface area contributed by atoms with Crippen LogP contribution in [-0.4, -0.2) is 28.3 Å². The fourth-order valence-electron chi connectivity index (χ4n) is 2.09. The summed E-state index contributed by atoms with van der Waals surface area (Å²) in [5.74, 6) is 0.412. The summed E-state index contributed by atoms with van der Waals surface area (Å²) in [5, 5.41) is 0. The molecule has 0 atom stereocenters. The molecule has 1 aromatic heterocycles. The second-order valence-corrected chi connectivity index (χ2v) is 8.17. The Morgan fingerprint density at radius 2 is 2.08 bits per heavy atom. The summed E-state index contributed by atoms with van der Waals surface area (Å²) in [6, 6.07) is 6.33. The number of halogens is 1. The minimum atomic E-state index is -3.93. The van der Waals surface area contributed by atoms with E-state index in [0.717, 1.165) is 11.3 Å². The van der Waals surface area contributed by atoms with Crippen LogP contribution in [0.25, 0.3) is 0 Å². The van der Waals surface area contributed by atoms with Gasteiger partial charge in [0, 0.05) is 6.54 Å². The zero-order chi connectivity index (χ0) is 17.3. The number of thiophene rings is 1. The summed E-state index contributed by atoms with van der Waals surface area (Å²) >= 11 is 6.69. The Morgan fingerprint density at radius 3 is 2.83 bits per heavy atom. The number of fused-ring (bicyclic) bond motifs is 1. The first kappa shape index (κ1) is 17.0. The van der Waals surface area contributed by atoms with Gasteiger partial charge >= 0.3 is 5.97 Å². The number of methoxy groups -OCH3 is 1. The average Bonchev–Trinajstić information content (AvgIpc) is 3.18. The van der Waals surface area contributed by atoms with Crippen molar-refractivity contribution in [3.05, 3.63) is 39.0 Å². The van der Waals surface area contributed by atoms with Crippen LogP contribution in [-0.2, 0) is 21.3 Å². The fourth-order valence-corrected chi connectivity index (χ4v) is 4.83. The number of ether oxygens (including phenoxy) is 3. The largest absolute Gasteiger partial charge is 0.465 e. The van der Waals surface area contributed by atoms with E-state index in [1.54, 1.807) is 18.2 Å². The van der Waals surface area contributed by atoms with E-state index < -0.39 is 16.0 Å². The van der Waals surface area contributed by atoms with Crippen molar-refractivity contribution in [3.8, 4) is 11.5 Å². The maximum Gasteiger partial charge on any atom is 0.349 e. The number of rotatable bonds is 5. The quantitative estimate of drug-likeness (QED) is 0.789. The molecule has 128 valence electrons. The SMILES string of the molecule is COC(=O)c1sc(Cl)cc1S(=O)(=O)NCc1ccc2c(c1)OCO2. The summed E-state index contributed by atoms with van der Waals surface area (Å²) in [4.78, 5) is 11.4. The van der Waals surface area contributed by atoms with Crippen LogP contribution in [0.4, 0.5) is 0 Å². The minimum Gasteiger partial charge on any atom is -0.465 e. The van der Waals surface area contributed by atoms with E-state index in [1.807, 2.05) is 0 Å². The predicted molar refractivity (Wildman–Crippen MR) is 87.3 cm³/mol. The highest BCUT2D eigenvalue weighted by atomic mass is 35.5. The monoisotopic (exact) mass is 389 g/mol. The van der Waals surface area contributed by atoms with Crippen molar-refractivity contribution in [2.24, 2.45) is 0 Å². The first-order valence-electron chi connectivity index (χ1n) is 6.66. The number of hydrogen-bond donors (Lipinski definition) is 1. The van der Waals surface area contributed by atoms with Gasteiger partial charge in [-0.2, -0.15) is 0 Å². The van der Waals surface area contributed by atoms with Gasteiger partial charge in [-0.25, -0.2) is 17.9 Å². The molecule has 2 aromatic rings. The molecule has 0 amide bonds. The fraction of sp³-hybridized carbons (Fsp3) is 0.214. The van der Waals surface area contributed by atoms with E-state index in [-0.39, 0.29) is 27.4 Å². The van der Waals surface area contributed by atoms with Gasteiger partial charge in [0.1, 0.15) is 9.77 Å². The Hall–Kier alpha value is -1.81. The Balaban J connectivity index is 1.81. The lowest BCUT2D eigenvalue weighted by atomic mass is 10.2. The zero-order valence-electron chi connectivity index (χ0n) is 12.4. The lowest BCUT2D eigenvalue weighted by Crippen LogP contribution is -2.24. The highest BCUT2D eigenvalue weighted by Crippen LogP contribution is 2.33. The van der Waals surface area contributed by atoms with Gasteiger partial charge in [0.25, 0.3) is 0 Å². The van der Waals surface area contributed by atoms with Crippen LogP contribution < -0.4 is 14.2 Å². The number of benzene rings is 1. The van der Waals surface area contributed by atoms with Crippen molar-refractivity contribution in [1.29, 1.82) is 0 Å². The molecule has 0 radical (unpaired) electrons. The predicted octanol–water partition coefficient (Wildman–Crippen LogP) is 2.40. The van der Waals surface area contributed by atoms with Gasteiger partial charge in [-0.1, -0.05) is 17.7 Å². The molecule has 0 aliphatic carbocycles. The minimum absolute atomic E-state index is 0.0209. The summed E-state index contributed by atoms with van der Waals surface area (Å²) in [5.41, 5.74) is 0.684. The number of nitrogens with one attached hydrogen (secondary N) is 1. The lowest BCUT2D eigenvalue weighted by Gasteiger charge is -2.07. The maximum absolute atomic E-state index is 12.5. The van der Waals surface area contributed by atoms with Crippen LogP contribution in [0.5, 0.6) is 11.5 Å². The Labute approximate surface area is 147 Å². The van der Waals surface area contributed by atoms with Crippen molar-refractivity contribution in [3.63, 3.8) is 0 Å². The van der Waals surface area contributed by atoms with E-state index in [4.69, 9.17) is 21.1 Å². The number of hydrogen-bond acceptors (Lipinski definition) is 7. The second-order valence-electron chi connectivity index (χ2n) is 4.75. The van der Waals surface area contributed by atoms with Crippen molar-refractivity contribution in [2.75, 3.05) is 13.9 Å². The highest BCUT2D eigenvalue weighted by Gasteiger charge is 2.26. The first-order chi connectivity index (χ1) is 11.4. The topological polar surface area (TPSA) is 90.9 Å². The average molecular weight is 390 g/mol. The molecule has 0 spiro atoms. The van der Waals surface area contributed by atoms with Crippen LogP contribution in [0.2, 0.25) is 4.34 Å². The van der Waals surface area contributed by atoms with Gasteiger partial charge in [-0.15, -0.1) is 11.3 Å². The van der Waals surface area contributed by atoms with Crippen molar-refractivity contribution < 1.29 is 27.4 Å². The molecule has 0 saturated carbocycles. The van der Waals surface area contributed by atoms with Crippen molar-refractivity contribution in [1.82, 2.24) is 4.72 Å². The Kier molecular flexibility index (Phi) is 4.68. The summed E-state index contributed by atoms with van der Waals surface area (Å²) < 4.78 is 42.6. The molecule has 0 saturated heterocycles. The van der Waals surface area contributed by atoms with E-state index in [1.165, 1.54) is 13.2 Å². The highest BCUT2D eigenvalue weighted by molar-refractivity contribution is 7.89. The van der Waals surface area contributed by atoms with Crippen LogP contribution in [0.15, 0.2) is 29.2 Å². The van der Waals surface area contributed by atoms with Gasteiger partial charge in [0.05, 0.1) is 11.4 Å². The van der Waals surface area contributed by atoms with Crippen molar-refractivity contribution >= 4 is 38.9 Å². The normalized spacial score (nSPS) is 13.1. The number of carbonyl (C=O) groups excluding carboxylic acids is 1. The van der Waals surface area contributed by atoms with E-state index >= 15 is 0 Å². The molecule has 24 heavy (non-hydrogen) atoms. The molecule has 0 fully saturated rings. The van der Waals surface area contributed by atoms with Gasteiger partial charge in [0.2, 0.25) is 16.8 Å². The van der Waals surface area contributed by atoms with Crippen LogP contribution >= 0.6 is 22.9 Å². The van der Waals surface area contributed by atoms with E-state index in [0.29, 0.717) is 17.1 Å². The Bertz CT molecular complexity index is 893. The third-order valence-electron chi connectivity index (χ3n) is 3.23. The number of esters is 1. The smallest absolute Gasteiger partial charge is 0.349 e. The van der Waals surface area contributed by atoms with Crippen LogP contribution in [0, 0.1) is 0 Å². The summed E-state index contributed by atoms with van der Waals surface area (Å²) in [6.07, 6.45) is 0. The molecule has 1 aromatic carbocycles. The van der Waals surface area contributed by atoms with Gasteiger partial charge in [-0.3, -0.25) is 0 Å². The number of carbonyl (C=O) groups is 1. The summed E-state index contributed by atoms with van der Waals surface area (Å²) in [6.45, 7) is 0.160. The maximum atomic E-state index is 12.5. The third kappa shape index (κ3) is 3.34. The Morgan fingerprint density at radius 1 is 1.33 bits per heavy atom. The van der Waals surface area contributed by atoms with Gasteiger partial charge in [-0.05, 0) is 23.8 Å². The third-order valence-corrected chi connectivity index (χ3v) is 6.03.